The van der Waals surface area contributed by atoms with Crippen LogP contribution in [-0.4, -0.2) is 59.4 Å². The van der Waals surface area contributed by atoms with Crippen molar-refractivity contribution in [2.24, 2.45) is 0 Å². The van der Waals surface area contributed by atoms with Crippen molar-refractivity contribution in [3.05, 3.63) is 53.6 Å². The van der Waals surface area contributed by atoms with Crippen LogP contribution < -0.4 is 5.32 Å². The van der Waals surface area contributed by atoms with Gasteiger partial charge in [-0.2, -0.15) is 0 Å². The van der Waals surface area contributed by atoms with Gasteiger partial charge in [0.15, 0.2) is 0 Å². The predicted molar refractivity (Wildman–Crippen MR) is 103 cm³/mol. The molecule has 0 aliphatic carbocycles. The van der Waals surface area contributed by atoms with Crippen LogP contribution in [0.5, 0.6) is 0 Å². The molecule has 0 unspecified atom stereocenters. The molecule has 2 aliphatic heterocycles. The number of fused-ring (bicyclic) bond motifs is 1. The zero-order valence-corrected chi connectivity index (χ0v) is 15.7. The van der Waals surface area contributed by atoms with E-state index < -0.39 is 0 Å². The van der Waals surface area contributed by atoms with Crippen LogP contribution in [0.2, 0.25) is 0 Å². The topological polar surface area (TPSA) is 53.5 Å². The third-order valence-corrected chi connectivity index (χ3v) is 4.90. The molecule has 0 spiro atoms. The maximum Gasteiger partial charge on any atom is 0.223 e. The van der Waals surface area contributed by atoms with Gasteiger partial charge < -0.3 is 15.1 Å². The first-order chi connectivity index (χ1) is 13.2. The number of rotatable bonds is 6. The fraction of sp³-hybridized carbons (Fsp3) is 0.400. The van der Waals surface area contributed by atoms with Gasteiger partial charge in [-0.3, -0.25) is 0 Å². The van der Waals surface area contributed by atoms with E-state index in [9.17, 15) is 4.39 Å². The van der Waals surface area contributed by atoms with Crippen molar-refractivity contribution in [2.45, 2.75) is 19.4 Å². The van der Waals surface area contributed by atoms with Gasteiger partial charge in [0.1, 0.15) is 5.82 Å². The van der Waals surface area contributed by atoms with Crippen LogP contribution >= 0.6 is 0 Å². The summed E-state index contributed by atoms with van der Waals surface area (Å²) in [5, 5.41) is 7.90. The molecule has 0 amide bonds. The predicted octanol–water partition coefficient (Wildman–Crippen LogP) is 2.87. The number of hydrogen-bond donors (Lipinski definition) is 1. The molecule has 1 fully saturated rings. The van der Waals surface area contributed by atoms with Crippen LogP contribution in [0.3, 0.4) is 0 Å². The molecule has 2 aromatic rings. The molecule has 6 nitrogen and oxygen atoms in total. The summed E-state index contributed by atoms with van der Waals surface area (Å²) in [6, 6.07) is 8.76. The van der Waals surface area contributed by atoms with Gasteiger partial charge >= 0.3 is 0 Å². The number of methoxy groups -OCH3 is 1. The number of halogens is 1. The van der Waals surface area contributed by atoms with Gasteiger partial charge in [0.2, 0.25) is 5.95 Å². The average molecular weight is 369 g/mol. The number of nitrogens with zero attached hydrogens (tertiary/aromatic N) is 4. The van der Waals surface area contributed by atoms with E-state index in [-0.39, 0.29) is 11.9 Å². The van der Waals surface area contributed by atoms with Crippen molar-refractivity contribution in [1.29, 1.82) is 0 Å². The van der Waals surface area contributed by atoms with Crippen molar-refractivity contribution in [3.63, 3.8) is 0 Å². The largest absolute Gasteiger partial charge is 0.383 e. The normalized spacial score (nSPS) is 18.1. The summed E-state index contributed by atoms with van der Waals surface area (Å²) >= 11 is 0. The zero-order chi connectivity index (χ0) is 18.8. The first kappa shape index (κ1) is 17.9. The molecule has 27 heavy (non-hydrogen) atoms. The van der Waals surface area contributed by atoms with E-state index in [1.54, 1.807) is 13.3 Å². The monoisotopic (exact) mass is 369 g/mol. The van der Waals surface area contributed by atoms with Crippen molar-refractivity contribution >= 4 is 17.2 Å². The van der Waals surface area contributed by atoms with Crippen LogP contribution in [-0.2, 0) is 4.74 Å². The molecule has 7 heteroatoms. The zero-order valence-electron chi connectivity index (χ0n) is 15.7. The SMILES string of the molecule is COC[C@H](C)Nc1nccc(C2=C(c3ccc(F)cc3)CN3CCCN23)n1. The second-order valence-electron chi connectivity index (χ2n) is 6.97. The van der Waals surface area contributed by atoms with Gasteiger partial charge in [0, 0.05) is 44.6 Å². The quantitative estimate of drug-likeness (QED) is 0.845. The maximum absolute atomic E-state index is 13.4. The molecule has 1 aromatic carbocycles. The highest BCUT2D eigenvalue weighted by molar-refractivity contribution is 5.91. The smallest absolute Gasteiger partial charge is 0.223 e. The third kappa shape index (κ3) is 3.65. The second kappa shape index (κ2) is 7.62. The van der Waals surface area contributed by atoms with Crippen LogP contribution in [0.4, 0.5) is 10.3 Å². The molecular formula is C20H24FN5O. The lowest BCUT2D eigenvalue weighted by molar-refractivity contribution is 0.129. The van der Waals surface area contributed by atoms with Crippen molar-refractivity contribution in [2.75, 3.05) is 38.7 Å². The van der Waals surface area contributed by atoms with Crippen LogP contribution in [0.25, 0.3) is 11.3 Å². The summed E-state index contributed by atoms with van der Waals surface area (Å²) in [6.45, 7) is 5.41. The number of anilines is 1. The van der Waals surface area contributed by atoms with Crippen LogP contribution in [0.15, 0.2) is 36.5 Å². The summed E-state index contributed by atoms with van der Waals surface area (Å²) < 4.78 is 18.6. The number of ether oxygens (including phenoxy) is 1. The fourth-order valence-electron chi connectivity index (χ4n) is 3.73. The Morgan fingerprint density at radius 3 is 2.81 bits per heavy atom. The van der Waals surface area contributed by atoms with Gasteiger partial charge in [-0.25, -0.2) is 19.4 Å². The summed E-state index contributed by atoms with van der Waals surface area (Å²) in [4.78, 5) is 9.10. The highest BCUT2D eigenvalue weighted by Gasteiger charge is 2.35. The Bertz CT molecular complexity index is 839. The first-order valence-corrected chi connectivity index (χ1v) is 9.26. The van der Waals surface area contributed by atoms with E-state index in [0.29, 0.717) is 12.6 Å². The van der Waals surface area contributed by atoms with Crippen molar-refractivity contribution in [1.82, 2.24) is 20.0 Å². The summed E-state index contributed by atoms with van der Waals surface area (Å²) in [5.41, 5.74) is 4.16. The third-order valence-electron chi connectivity index (χ3n) is 4.90. The van der Waals surface area contributed by atoms with Crippen molar-refractivity contribution < 1.29 is 9.13 Å². The van der Waals surface area contributed by atoms with E-state index in [0.717, 1.165) is 43.0 Å². The number of nitrogens with one attached hydrogen (secondary N) is 1. The lowest BCUT2D eigenvalue weighted by atomic mass is 10.0. The van der Waals surface area contributed by atoms with Gasteiger partial charge in [-0.15, -0.1) is 0 Å². The van der Waals surface area contributed by atoms with Gasteiger partial charge in [-0.05, 0) is 37.1 Å². The summed E-state index contributed by atoms with van der Waals surface area (Å²) in [5.74, 6) is 0.362. The molecule has 1 saturated heterocycles. The molecule has 0 bridgehead atoms. The molecular weight excluding hydrogens is 345 g/mol. The molecule has 2 aliphatic rings. The minimum absolute atomic E-state index is 0.114. The minimum atomic E-state index is -0.222. The Labute approximate surface area is 158 Å². The Kier molecular flexibility index (Phi) is 5.05. The average Bonchev–Trinajstić information content (AvgIpc) is 3.23. The fourth-order valence-corrected chi connectivity index (χ4v) is 3.73. The second-order valence-corrected chi connectivity index (χ2v) is 6.97. The number of hydrogen-bond acceptors (Lipinski definition) is 6. The number of benzene rings is 1. The van der Waals surface area contributed by atoms with Crippen LogP contribution in [0, 0.1) is 5.82 Å². The molecule has 1 N–H and O–H groups in total. The van der Waals surface area contributed by atoms with E-state index in [2.05, 4.69) is 20.3 Å². The highest BCUT2D eigenvalue weighted by Crippen LogP contribution is 2.38. The van der Waals surface area contributed by atoms with E-state index in [4.69, 9.17) is 9.72 Å². The summed E-state index contributed by atoms with van der Waals surface area (Å²) in [6.07, 6.45) is 2.90. The Balaban J connectivity index is 1.71. The number of hydrazine groups is 1. The number of aromatic nitrogens is 2. The van der Waals surface area contributed by atoms with E-state index >= 15 is 0 Å². The van der Waals surface area contributed by atoms with Crippen LogP contribution in [0.1, 0.15) is 24.6 Å². The lowest BCUT2D eigenvalue weighted by Gasteiger charge is -2.24. The molecule has 4 rings (SSSR count). The van der Waals surface area contributed by atoms with Gasteiger partial charge in [0.05, 0.1) is 18.0 Å². The molecule has 142 valence electrons. The van der Waals surface area contributed by atoms with Crippen molar-refractivity contribution in [3.8, 4) is 0 Å². The summed E-state index contributed by atoms with van der Waals surface area (Å²) in [7, 11) is 1.68. The van der Waals surface area contributed by atoms with E-state index in [1.807, 2.05) is 25.1 Å². The highest BCUT2D eigenvalue weighted by atomic mass is 19.1. The first-order valence-electron chi connectivity index (χ1n) is 9.26. The van der Waals surface area contributed by atoms with E-state index in [1.165, 1.54) is 17.7 Å². The Morgan fingerprint density at radius 1 is 1.22 bits per heavy atom. The molecule has 3 heterocycles. The molecule has 0 saturated carbocycles. The standard InChI is InChI=1S/C20H24FN5O/c1-14(13-27-2)23-20-22-9-8-18(24-20)19-17(12-25-10-3-11-26(19)25)15-4-6-16(21)7-5-15/h4-9,14H,3,10-13H2,1-2H3,(H,22,23,24)/t14-/m0/s1. The lowest BCUT2D eigenvalue weighted by Crippen LogP contribution is -2.30. The van der Waals surface area contributed by atoms with Gasteiger partial charge in [0.25, 0.3) is 0 Å². The molecule has 1 aromatic heterocycles. The van der Waals surface area contributed by atoms with Gasteiger partial charge in [-0.1, -0.05) is 12.1 Å². The Hall–Kier alpha value is -2.51. The molecule has 0 radical (unpaired) electrons. The molecule has 1 atom stereocenters. The minimum Gasteiger partial charge on any atom is -0.383 e. The Morgan fingerprint density at radius 2 is 2.04 bits per heavy atom. The maximum atomic E-state index is 13.4.